The van der Waals surface area contributed by atoms with E-state index in [1.807, 2.05) is 47.4 Å². The number of hydrogen-bond acceptors (Lipinski definition) is 4. The summed E-state index contributed by atoms with van der Waals surface area (Å²) in [6.45, 7) is 4.00. The van der Waals surface area contributed by atoms with Crippen LogP contribution >= 0.6 is 0 Å². The molecule has 1 atom stereocenters. The van der Waals surface area contributed by atoms with E-state index in [0.717, 1.165) is 24.4 Å². The summed E-state index contributed by atoms with van der Waals surface area (Å²) in [6.07, 6.45) is 0.298. The number of anilines is 1. The van der Waals surface area contributed by atoms with E-state index in [2.05, 4.69) is 17.0 Å². The molecule has 2 saturated heterocycles. The predicted octanol–water partition coefficient (Wildman–Crippen LogP) is 2.39. The molecular weight excluding hydrogens is 366 g/mol. The first-order valence-corrected chi connectivity index (χ1v) is 10.1. The second kappa shape index (κ2) is 8.55. The molecular formula is C23H27N3O3. The van der Waals surface area contributed by atoms with Gasteiger partial charge in [-0.2, -0.15) is 0 Å². The molecule has 2 aromatic rings. The molecule has 0 saturated carbocycles. The van der Waals surface area contributed by atoms with Crippen LogP contribution in [0.4, 0.5) is 5.69 Å². The van der Waals surface area contributed by atoms with Gasteiger partial charge in [-0.3, -0.25) is 9.59 Å². The number of benzene rings is 2. The van der Waals surface area contributed by atoms with E-state index < -0.39 is 0 Å². The molecule has 0 aromatic heterocycles. The minimum atomic E-state index is -0.250. The third-order valence-electron chi connectivity index (χ3n) is 5.83. The van der Waals surface area contributed by atoms with E-state index >= 15 is 0 Å². The third kappa shape index (κ3) is 4.21. The summed E-state index contributed by atoms with van der Waals surface area (Å²) in [6, 6.07) is 18.0. The number of para-hydroxylation sites is 2. The fraction of sp³-hybridized carbons (Fsp3) is 0.391. The number of carbonyl (C=O) groups excluding carboxylic acids is 2. The van der Waals surface area contributed by atoms with Gasteiger partial charge in [0.05, 0.1) is 13.0 Å². The van der Waals surface area contributed by atoms with Gasteiger partial charge < -0.3 is 19.4 Å². The van der Waals surface area contributed by atoms with Crippen LogP contribution in [0.5, 0.6) is 5.75 Å². The summed E-state index contributed by atoms with van der Waals surface area (Å²) >= 11 is 0. The first-order valence-electron chi connectivity index (χ1n) is 10.1. The van der Waals surface area contributed by atoms with Gasteiger partial charge in [-0.05, 0) is 18.2 Å². The zero-order valence-corrected chi connectivity index (χ0v) is 16.8. The van der Waals surface area contributed by atoms with Crippen molar-refractivity contribution in [3.8, 4) is 5.75 Å². The Hall–Kier alpha value is -3.02. The molecule has 2 aromatic carbocycles. The highest BCUT2D eigenvalue weighted by Crippen LogP contribution is 2.26. The Morgan fingerprint density at radius 1 is 1.00 bits per heavy atom. The maximum absolute atomic E-state index is 13.0. The lowest BCUT2D eigenvalue weighted by atomic mass is 10.1. The summed E-state index contributed by atoms with van der Waals surface area (Å²) in [5.41, 5.74) is 2.16. The average molecular weight is 393 g/mol. The highest BCUT2D eigenvalue weighted by Gasteiger charge is 2.37. The van der Waals surface area contributed by atoms with Crippen molar-refractivity contribution >= 4 is 17.5 Å². The molecule has 29 heavy (non-hydrogen) atoms. The minimum absolute atomic E-state index is 0.0391. The van der Waals surface area contributed by atoms with Gasteiger partial charge in [-0.15, -0.1) is 0 Å². The van der Waals surface area contributed by atoms with Gasteiger partial charge in [-0.25, -0.2) is 0 Å². The van der Waals surface area contributed by atoms with Gasteiger partial charge in [0.15, 0.2) is 0 Å². The van der Waals surface area contributed by atoms with Crippen LogP contribution in [0.1, 0.15) is 12.0 Å². The average Bonchev–Trinajstić information content (AvgIpc) is 3.14. The van der Waals surface area contributed by atoms with Crippen molar-refractivity contribution in [2.45, 2.75) is 13.0 Å². The number of ether oxygens (including phenoxy) is 1. The quantitative estimate of drug-likeness (QED) is 0.783. The molecule has 0 bridgehead atoms. The number of likely N-dealkylation sites (tertiary alicyclic amines) is 1. The zero-order valence-electron chi connectivity index (χ0n) is 16.8. The smallest absolute Gasteiger partial charge is 0.228 e. The maximum Gasteiger partial charge on any atom is 0.228 e. The van der Waals surface area contributed by atoms with Gasteiger partial charge >= 0.3 is 0 Å². The lowest BCUT2D eigenvalue weighted by Crippen LogP contribution is -2.50. The number of nitrogens with zero attached hydrogens (tertiary/aromatic N) is 3. The second-order valence-electron chi connectivity index (χ2n) is 7.64. The van der Waals surface area contributed by atoms with Gasteiger partial charge in [-0.1, -0.05) is 36.4 Å². The van der Waals surface area contributed by atoms with Crippen LogP contribution in [-0.2, 0) is 16.1 Å². The lowest BCUT2D eigenvalue weighted by Gasteiger charge is -2.37. The minimum Gasteiger partial charge on any atom is -0.496 e. The molecule has 2 aliphatic heterocycles. The summed E-state index contributed by atoms with van der Waals surface area (Å²) in [5.74, 6) is 0.665. The van der Waals surface area contributed by atoms with Crippen molar-refractivity contribution < 1.29 is 14.3 Å². The van der Waals surface area contributed by atoms with Gasteiger partial charge in [0.25, 0.3) is 0 Å². The number of hydrogen-bond donors (Lipinski definition) is 0. The van der Waals surface area contributed by atoms with E-state index in [-0.39, 0.29) is 17.7 Å². The molecule has 6 heteroatoms. The molecule has 0 spiro atoms. The largest absolute Gasteiger partial charge is 0.496 e. The van der Waals surface area contributed by atoms with E-state index in [1.165, 1.54) is 5.69 Å². The summed E-state index contributed by atoms with van der Waals surface area (Å²) in [4.78, 5) is 31.5. The van der Waals surface area contributed by atoms with Crippen LogP contribution in [0.15, 0.2) is 54.6 Å². The Bertz CT molecular complexity index is 863. The molecule has 6 nitrogen and oxygen atoms in total. The number of methoxy groups -OCH3 is 1. The Morgan fingerprint density at radius 3 is 2.41 bits per heavy atom. The number of piperazine rings is 1. The Kier molecular flexibility index (Phi) is 5.69. The predicted molar refractivity (Wildman–Crippen MR) is 112 cm³/mol. The van der Waals surface area contributed by atoms with Crippen molar-refractivity contribution in [1.82, 2.24) is 9.80 Å². The molecule has 1 unspecified atom stereocenters. The molecule has 0 aliphatic carbocycles. The Labute approximate surface area is 171 Å². The highest BCUT2D eigenvalue weighted by molar-refractivity contribution is 5.89. The number of amides is 2. The fourth-order valence-electron chi connectivity index (χ4n) is 4.21. The van der Waals surface area contributed by atoms with Crippen LogP contribution in [-0.4, -0.2) is 61.4 Å². The summed E-state index contributed by atoms with van der Waals surface area (Å²) in [5, 5.41) is 0. The van der Waals surface area contributed by atoms with E-state index in [4.69, 9.17) is 4.74 Å². The maximum atomic E-state index is 13.0. The number of rotatable bonds is 5. The monoisotopic (exact) mass is 393 g/mol. The van der Waals surface area contributed by atoms with Crippen molar-refractivity contribution in [1.29, 1.82) is 0 Å². The van der Waals surface area contributed by atoms with Crippen molar-refractivity contribution in [3.05, 3.63) is 60.2 Å². The molecule has 2 fully saturated rings. The van der Waals surface area contributed by atoms with Crippen LogP contribution in [0.3, 0.4) is 0 Å². The second-order valence-corrected chi connectivity index (χ2v) is 7.64. The summed E-state index contributed by atoms with van der Waals surface area (Å²) < 4.78 is 5.39. The van der Waals surface area contributed by atoms with Crippen molar-refractivity contribution in [2.75, 3.05) is 44.7 Å². The molecule has 0 N–H and O–H groups in total. The molecule has 2 heterocycles. The normalized spacial score (nSPS) is 19.6. The van der Waals surface area contributed by atoms with Gasteiger partial charge in [0.2, 0.25) is 11.8 Å². The Morgan fingerprint density at radius 2 is 1.69 bits per heavy atom. The van der Waals surface area contributed by atoms with Crippen LogP contribution in [0, 0.1) is 5.92 Å². The molecule has 152 valence electrons. The summed E-state index contributed by atoms with van der Waals surface area (Å²) in [7, 11) is 1.63. The van der Waals surface area contributed by atoms with Gasteiger partial charge in [0, 0.05) is 56.9 Å². The van der Waals surface area contributed by atoms with Crippen molar-refractivity contribution in [3.63, 3.8) is 0 Å². The Balaban J connectivity index is 1.34. The van der Waals surface area contributed by atoms with Crippen LogP contribution < -0.4 is 9.64 Å². The number of carbonyl (C=O) groups is 2. The first kappa shape index (κ1) is 19.3. The van der Waals surface area contributed by atoms with E-state index in [1.54, 1.807) is 12.0 Å². The third-order valence-corrected chi connectivity index (χ3v) is 5.83. The van der Waals surface area contributed by atoms with E-state index in [0.29, 0.717) is 32.6 Å². The zero-order chi connectivity index (χ0) is 20.2. The van der Waals surface area contributed by atoms with Crippen molar-refractivity contribution in [2.24, 2.45) is 5.92 Å². The highest BCUT2D eigenvalue weighted by atomic mass is 16.5. The fourth-order valence-corrected chi connectivity index (χ4v) is 4.21. The van der Waals surface area contributed by atoms with Crippen LogP contribution in [0.2, 0.25) is 0 Å². The molecule has 2 amide bonds. The lowest BCUT2D eigenvalue weighted by molar-refractivity contribution is -0.136. The standard InChI is InChI=1S/C23H27N3O3/c1-29-21-10-6-5-7-18(21)16-26-17-19(15-22(26)27)23(28)25-13-11-24(12-14-25)20-8-3-2-4-9-20/h2-10,19H,11-17H2,1H3. The van der Waals surface area contributed by atoms with Crippen LogP contribution in [0.25, 0.3) is 0 Å². The topological polar surface area (TPSA) is 53.1 Å². The molecule has 2 aliphatic rings. The molecule has 0 radical (unpaired) electrons. The SMILES string of the molecule is COc1ccccc1CN1CC(C(=O)N2CCN(c3ccccc3)CC2)CC1=O. The molecule has 4 rings (SSSR count). The first-order chi connectivity index (χ1) is 14.2. The van der Waals surface area contributed by atoms with E-state index in [9.17, 15) is 9.59 Å². The van der Waals surface area contributed by atoms with Gasteiger partial charge in [0.1, 0.15) is 5.75 Å².